The highest BCUT2D eigenvalue weighted by Gasteiger charge is 2.23. The van der Waals surface area contributed by atoms with Gasteiger partial charge in [0, 0.05) is 6.04 Å². The summed E-state index contributed by atoms with van der Waals surface area (Å²) in [5.41, 5.74) is 0. The van der Waals surface area contributed by atoms with Crippen molar-refractivity contribution < 1.29 is 0 Å². The van der Waals surface area contributed by atoms with Gasteiger partial charge in [-0.1, -0.05) is 26.7 Å². The molecule has 0 aromatic carbocycles. The third kappa shape index (κ3) is 3.48. The lowest BCUT2D eigenvalue weighted by Crippen LogP contribution is -2.35. The minimum Gasteiger partial charge on any atom is -0.314 e. The van der Waals surface area contributed by atoms with E-state index in [9.17, 15) is 0 Å². The van der Waals surface area contributed by atoms with Gasteiger partial charge in [0.05, 0.1) is 0 Å². The average molecular weight is 223 g/mol. The van der Waals surface area contributed by atoms with Crippen molar-refractivity contribution in [3.05, 3.63) is 0 Å². The SMILES string of the molecule is CCC1CCC(NCC2CCC(C)C2)CC1. The van der Waals surface area contributed by atoms with E-state index >= 15 is 0 Å². The number of hydrogen-bond donors (Lipinski definition) is 1. The number of nitrogens with one attached hydrogen (secondary N) is 1. The molecule has 16 heavy (non-hydrogen) atoms. The molecule has 2 atom stereocenters. The fourth-order valence-corrected chi connectivity index (χ4v) is 3.62. The highest BCUT2D eigenvalue weighted by molar-refractivity contribution is 4.80. The second-order valence-corrected chi connectivity index (χ2v) is 6.32. The normalized spacial score (nSPS) is 40.1. The van der Waals surface area contributed by atoms with Crippen LogP contribution < -0.4 is 5.32 Å². The Bertz CT molecular complexity index is 194. The van der Waals surface area contributed by atoms with Gasteiger partial charge in [0.25, 0.3) is 0 Å². The first-order valence-corrected chi connectivity index (χ1v) is 7.51. The molecule has 0 heterocycles. The van der Waals surface area contributed by atoms with Gasteiger partial charge >= 0.3 is 0 Å². The lowest BCUT2D eigenvalue weighted by molar-refractivity contribution is 0.276. The maximum absolute atomic E-state index is 3.83. The highest BCUT2D eigenvalue weighted by atomic mass is 14.9. The fourth-order valence-electron chi connectivity index (χ4n) is 3.62. The summed E-state index contributed by atoms with van der Waals surface area (Å²) in [5, 5.41) is 3.83. The molecule has 0 spiro atoms. The Balaban J connectivity index is 1.60. The van der Waals surface area contributed by atoms with Gasteiger partial charge in [-0.25, -0.2) is 0 Å². The van der Waals surface area contributed by atoms with Crippen LogP contribution in [0.5, 0.6) is 0 Å². The predicted molar refractivity (Wildman–Crippen MR) is 70.5 cm³/mol. The van der Waals surface area contributed by atoms with Crippen LogP contribution in [0.3, 0.4) is 0 Å². The second-order valence-electron chi connectivity index (χ2n) is 6.32. The van der Waals surface area contributed by atoms with Gasteiger partial charge in [-0.2, -0.15) is 0 Å². The lowest BCUT2D eigenvalue weighted by atomic mass is 9.84. The summed E-state index contributed by atoms with van der Waals surface area (Å²) in [4.78, 5) is 0. The minimum absolute atomic E-state index is 0.846. The maximum atomic E-state index is 3.83. The molecule has 2 fully saturated rings. The molecule has 2 unspecified atom stereocenters. The quantitative estimate of drug-likeness (QED) is 0.760. The lowest BCUT2D eigenvalue weighted by Gasteiger charge is -2.29. The molecule has 0 aromatic heterocycles. The molecular formula is C15H29N. The van der Waals surface area contributed by atoms with Crippen LogP contribution in [0, 0.1) is 17.8 Å². The average Bonchev–Trinajstić information content (AvgIpc) is 2.73. The Morgan fingerprint density at radius 1 is 0.938 bits per heavy atom. The summed E-state index contributed by atoms with van der Waals surface area (Å²) < 4.78 is 0. The van der Waals surface area contributed by atoms with E-state index in [4.69, 9.17) is 0 Å². The van der Waals surface area contributed by atoms with E-state index in [2.05, 4.69) is 19.2 Å². The van der Waals surface area contributed by atoms with Crippen molar-refractivity contribution in [1.82, 2.24) is 5.32 Å². The van der Waals surface area contributed by atoms with Gasteiger partial charge in [0.1, 0.15) is 0 Å². The van der Waals surface area contributed by atoms with Crippen molar-refractivity contribution in [1.29, 1.82) is 0 Å². The van der Waals surface area contributed by atoms with E-state index < -0.39 is 0 Å². The zero-order chi connectivity index (χ0) is 11.4. The molecule has 0 aromatic rings. The van der Waals surface area contributed by atoms with Crippen LogP contribution in [-0.4, -0.2) is 12.6 Å². The summed E-state index contributed by atoms with van der Waals surface area (Å²) in [5.74, 6) is 3.01. The summed E-state index contributed by atoms with van der Waals surface area (Å²) in [7, 11) is 0. The summed E-state index contributed by atoms with van der Waals surface area (Å²) in [6.07, 6.45) is 11.6. The van der Waals surface area contributed by atoms with E-state index in [1.54, 1.807) is 0 Å². The minimum atomic E-state index is 0.846. The third-order valence-electron chi connectivity index (χ3n) is 4.92. The molecule has 0 saturated heterocycles. The van der Waals surface area contributed by atoms with E-state index in [-0.39, 0.29) is 0 Å². The molecule has 2 saturated carbocycles. The molecule has 2 rings (SSSR count). The fraction of sp³-hybridized carbons (Fsp3) is 1.00. The first-order chi connectivity index (χ1) is 7.78. The smallest absolute Gasteiger partial charge is 0.00673 e. The van der Waals surface area contributed by atoms with Crippen LogP contribution >= 0.6 is 0 Å². The van der Waals surface area contributed by atoms with Crippen LogP contribution in [0.1, 0.15) is 65.2 Å². The Labute approximate surface area is 101 Å². The topological polar surface area (TPSA) is 12.0 Å². The van der Waals surface area contributed by atoms with Crippen molar-refractivity contribution >= 4 is 0 Å². The standard InChI is InChI=1S/C15H29N/c1-3-13-6-8-15(9-7-13)16-11-14-5-4-12(2)10-14/h12-16H,3-11H2,1-2H3. The van der Waals surface area contributed by atoms with Crippen molar-refractivity contribution in [2.75, 3.05) is 6.54 Å². The van der Waals surface area contributed by atoms with E-state index in [0.717, 1.165) is 23.8 Å². The van der Waals surface area contributed by atoms with Crippen molar-refractivity contribution in [2.45, 2.75) is 71.3 Å². The third-order valence-corrected chi connectivity index (χ3v) is 4.92. The molecule has 0 aliphatic heterocycles. The van der Waals surface area contributed by atoms with Gasteiger partial charge in [-0.15, -0.1) is 0 Å². The van der Waals surface area contributed by atoms with Gasteiger partial charge in [-0.3, -0.25) is 0 Å². The first-order valence-electron chi connectivity index (χ1n) is 7.51. The van der Waals surface area contributed by atoms with Crippen LogP contribution in [0.4, 0.5) is 0 Å². The highest BCUT2D eigenvalue weighted by Crippen LogP contribution is 2.31. The molecule has 1 heteroatoms. The first kappa shape index (κ1) is 12.4. The van der Waals surface area contributed by atoms with Gasteiger partial charge in [0.15, 0.2) is 0 Å². The van der Waals surface area contributed by atoms with Crippen LogP contribution in [-0.2, 0) is 0 Å². The maximum Gasteiger partial charge on any atom is 0.00673 e. The number of rotatable bonds is 4. The summed E-state index contributed by atoms with van der Waals surface area (Å²) >= 11 is 0. The zero-order valence-electron chi connectivity index (χ0n) is 11.2. The van der Waals surface area contributed by atoms with Crippen LogP contribution in [0.2, 0.25) is 0 Å². The van der Waals surface area contributed by atoms with Gasteiger partial charge in [0.2, 0.25) is 0 Å². The van der Waals surface area contributed by atoms with Crippen molar-refractivity contribution in [3.63, 3.8) is 0 Å². The van der Waals surface area contributed by atoms with Gasteiger partial charge < -0.3 is 5.32 Å². The molecule has 2 aliphatic rings. The van der Waals surface area contributed by atoms with E-state index in [1.165, 1.54) is 57.9 Å². The Hall–Kier alpha value is -0.0400. The number of hydrogen-bond acceptors (Lipinski definition) is 1. The molecule has 0 amide bonds. The Morgan fingerprint density at radius 3 is 2.19 bits per heavy atom. The van der Waals surface area contributed by atoms with E-state index in [0.29, 0.717) is 0 Å². The molecule has 0 bridgehead atoms. The van der Waals surface area contributed by atoms with Crippen LogP contribution in [0.15, 0.2) is 0 Å². The zero-order valence-corrected chi connectivity index (χ0v) is 11.2. The van der Waals surface area contributed by atoms with E-state index in [1.807, 2.05) is 0 Å². The monoisotopic (exact) mass is 223 g/mol. The molecule has 1 nitrogen and oxygen atoms in total. The second kappa shape index (κ2) is 6.05. The summed E-state index contributed by atoms with van der Waals surface area (Å²) in [6.45, 7) is 6.05. The van der Waals surface area contributed by atoms with Crippen molar-refractivity contribution in [2.24, 2.45) is 17.8 Å². The Morgan fingerprint density at radius 2 is 1.62 bits per heavy atom. The molecular weight excluding hydrogens is 194 g/mol. The van der Waals surface area contributed by atoms with Gasteiger partial charge in [-0.05, 0) is 62.8 Å². The molecule has 2 aliphatic carbocycles. The molecule has 0 radical (unpaired) electrons. The largest absolute Gasteiger partial charge is 0.314 e. The molecule has 1 N–H and O–H groups in total. The van der Waals surface area contributed by atoms with Crippen molar-refractivity contribution in [3.8, 4) is 0 Å². The predicted octanol–water partition coefficient (Wildman–Crippen LogP) is 3.98. The Kier molecular flexibility index (Phi) is 4.69. The van der Waals surface area contributed by atoms with Crippen LogP contribution in [0.25, 0.3) is 0 Å². The summed E-state index contributed by atoms with van der Waals surface area (Å²) in [6, 6.07) is 0.846. The molecule has 94 valence electrons.